The van der Waals surface area contributed by atoms with E-state index in [0.717, 1.165) is 5.56 Å². The average molecular weight is 645 g/mol. The monoisotopic (exact) mass is 644 g/mol. The number of carbonyl (C=O) groups is 1. The summed E-state index contributed by atoms with van der Waals surface area (Å²) in [5, 5.41) is 19.0. The molecule has 1 aliphatic heterocycles. The first kappa shape index (κ1) is 32.1. The fourth-order valence-electron chi connectivity index (χ4n) is 4.95. The van der Waals surface area contributed by atoms with Crippen LogP contribution in [0.4, 0.5) is 36.3 Å². The fraction of sp³-hybridized carbons (Fsp3) is 0.310. The molecule has 0 aliphatic carbocycles. The van der Waals surface area contributed by atoms with Crippen molar-refractivity contribution in [2.24, 2.45) is 0 Å². The molecule has 16 heteroatoms. The highest BCUT2D eigenvalue weighted by atomic mass is 31.2. The van der Waals surface area contributed by atoms with Crippen LogP contribution in [0.5, 0.6) is 0 Å². The molecule has 1 aliphatic rings. The third-order valence-electron chi connectivity index (χ3n) is 7.02. The molecule has 1 unspecified atom stereocenters. The average Bonchev–Trinajstić information content (AvgIpc) is 3.56. The Labute approximate surface area is 256 Å². The molecule has 1 amide bonds. The number of aryl methyl sites for hydroxylation is 1. The lowest BCUT2D eigenvalue weighted by Crippen LogP contribution is -2.18. The number of benzene rings is 2. The number of aliphatic hydroxyl groups is 1. The standard InChI is InChI=1S/C29H31F3N7O5P/c1-3-44-45(42,43)17-18-5-7-20(8-6-18)35-28-33-14-23(29(30,31)32)26(37-28)36-24-10-9-21(22-16-38(2)27(41)25(22)24)19-13-34-39(15-19)11-4-12-40/h5-10,13-15,40H,3-4,11-12,16-17H2,1-2H3,(H,42,43)(H2,33,35,36,37)/p-1. The van der Waals surface area contributed by atoms with Crippen molar-refractivity contribution in [3.63, 3.8) is 0 Å². The van der Waals surface area contributed by atoms with Gasteiger partial charge in [0.15, 0.2) is 0 Å². The maximum Gasteiger partial charge on any atom is 0.421 e. The molecule has 45 heavy (non-hydrogen) atoms. The summed E-state index contributed by atoms with van der Waals surface area (Å²) >= 11 is 0. The third kappa shape index (κ3) is 7.34. The van der Waals surface area contributed by atoms with Gasteiger partial charge in [0.25, 0.3) is 5.91 Å². The van der Waals surface area contributed by atoms with Crippen LogP contribution in [0.15, 0.2) is 55.0 Å². The van der Waals surface area contributed by atoms with Crippen LogP contribution in [0.2, 0.25) is 0 Å². The Bertz CT molecular complexity index is 1750. The van der Waals surface area contributed by atoms with Gasteiger partial charge in [0.05, 0.1) is 24.1 Å². The minimum Gasteiger partial charge on any atom is -0.778 e. The Morgan fingerprint density at radius 2 is 1.89 bits per heavy atom. The second-order valence-corrected chi connectivity index (χ2v) is 12.1. The van der Waals surface area contributed by atoms with Crippen LogP contribution >= 0.6 is 7.60 Å². The van der Waals surface area contributed by atoms with Crippen molar-refractivity contribution in [3.05, 3.63) is 77.2 Å². The van der Waals surface area contributed by atoms with Gasteiger partial charge in [0, 0.05) is 56.6 Å². The van der Waals surface area contributed by atoms with E-state index in [2.05, 4.69) is 25.7 Å². The molecule has 0 fully saturated rings. The molecule has 0 radical (unpaired) electrons. The normalized spacial score (nSPS) is 14.4. The summed E-state index contributed by atoms with van der Waals surface area (Å²) < 4.78 is 60.5. The molecule has 3 N–H and O–H groups in total. The van der Waals surface area contributed by atoms with Crippen LogP contribution < -0.4 is 15.5 Å². The number of hydrogen-bond donors (Lipinski definition) is 3. The molecule has 2 aromatic carbocycles. The number of fused-ring (bicyclic) bond motifs is 1. The van der Waals surface area contributed by atoms with Gasteiger partial charge < -0.3 is 34.6 Å². The van der Waals surface area contributed by atoms with Gasteiger partial charge in [-0.15, -0.1) is 0 Å². The lowest BCUT2D eigenvalue weighted by Gasteiger charge is -2.22. The molecule has 0 saturated carbocycles. The summed E-state index contributed by atoms with van der Waals surface area (Å²) in [6.07, 6.45) is -0.526. The van der Waals surface area contributed by atoms with E-state index in [0.29, 0.717) is 41.5 Å². The summed E-state index contributed by atoms with van der Waals surface area (Å²) in [4.78, 5) is 34.5. The number of carbonyl (C=O) groups excluding carboxylic acids is 1. The molecule has 12 nitrogen and oxygen atoms in total. The zero-order valence-corrected chi connectivity index (χ0v) is 25.2. The molecular weight excluding hydrogens is 614 g/mol. The molecule has 0 saturated heterocycles. The van der Waals surface area contributed by atoms with Crippen LogP contribution in [0.3, 0.4) is 0 Å². The van der Waals surface area contributed by atoms with Gasteiger partial charge in [-0.2, -0.15) is 23.3 Å². The summed E-state index contributed by atoms with van der Waals surface area (Å²) in [7, 11) is -2.44. The minimum absolute atomic E-state index is 0.0123. The van der Waals surface area contributed by atoms with E-state index in [1.807, 2.05) is 0 Å². The highest BCUT2D eigenvalue weighted by Crippen LogP contribution is 2.42. The van der Waals surface area contributed by atoms with Crippen molar-refractivity contribution in [1.29, 1.82) is 0 Å². The highest BCUT2D eigenvalue weighted by Gasteiger charge is 2.37. The Morgan fingerprint density at radius 3 is 2.58 bits per heavy atom. The summed E-state index contributed by atoms with van der Waals surface area (Å²) in [6.45, 7) is 2.35. The number of hydrogen-bond acceptors (Lipinski definition) is 10. The Morgan fingerprint density at radius 1 is 1.13 bits per heavy atom. The molecule has 4 aromatic rings. The lowest BCUT2D eigenvalue weighted by atomic mass is 9.97. The van der Waals surface area contributed by atoms with Gasteiger partial charge in [-0.05, 0) is 48.2 Å². The number of nitrogens with zero attached hydrogens (tertiary/aromatic N) is 5. The molecule has 238 valence electrons. The van der Waals surface area contributed by atoms with Crippen LogP contribution in [-0.4, -0.2) is 55.9 Å². The van der Waals surface area contributed by atoms with Gasteiger partial charge in [-0.1, -0.05) is 18.2 Å². The van der Waals surface area contributed by atoms with Gasteiger partial charge in [0.1, 0.15) is 19.0 Å². The maximum absolute atomic E-state index is 14.0. The molecule has 5 rings (SSSR count). The van der Waals surface area contributed by atoms with E-state index < -0.39 is 25.2 Å². The Kier molecular flexibility index (Phi) is 9.26. The number of aliphatic hydroxyl groups excluding tert-OH is 1. The molecular formula is C29H30F3N7O5P-. The predicted octanol–water partition coefficient (Wildman–Crippen LogP) is 4.90. The smallest absolute Gasteiger partial charge is 0.421 e. The van der Waals surface area contributed by atoms with Crippen LogP contribution in [0.25, 0.3) is 11.1 Å². The van der Waals surface area contributed by atoms with Crippen molar-refractivity contribution in [3.8, 4) is 11.1 Å². The minimum atomic E-state index is -4.80. The number of amides is 1. The lowest BCUT2D eigenvalue weighted by molar-refractivity contribution is -0.198. The topological polar surface area (TPSA) is 158 Å². The van der Waals surface area contributed by atoms with E-state index in [1.165, 1.54) is 11.0 Å². The largest absolute Gasteiger partial charge is 0.778 e. The summed E-state index contributed by atoms with van der Waals surface area (Å²) in [5.74, 6) is -1.08. The number of nitrogens with one attached hydrogen (secondary N) is 2. The Hall–Kier alpha value is -4.30. The molecule has 0 bridgehead atoms. The fourth-order valence-corrected chi connectivity index (χ4v) is 6.09. The van der Waals surface area contributed by atoms with E-state index in [-0.39, 0.29) is 49.0 Å². The van der Waals surface area contributed by atoms with E-state index in [1.54, 1.807) is 61.4 Å². The second kappa shape index (κ2) is 13.0. The van der Waals surface area contributed by atoms with Crippen molar-refractivity contribution in [1.82, 2.24) is 24.6 Å². The first-order valence-corrected chi connectivity index (χ1v) is 15.7. The predicted molar refractivity (Wildman–Crippen MR) is 158 cm³/mol. The van der Waals surface area contributed by atoms with Crippen molar-refractivity contribution in [2.75, 3.05) is 30.9 Å². The van der Waals surface area contributed by atoms with Gasteiger partial charge in [-0.3, -0.25) is 9.48 Å². The first-order valence-electron chi connectivity index (χ1n) is 14.0. The third-order valence-corrected chi connectivity index (χ3v) is 8.42. The van der Waals surface area contributed by atoms with E-state index in [4.69, 9.17) is 9.63 Å². The quantitative estimate of drug-likeness (QED) is 0.181. The SMILES string of the molecule is CCOP(=O)([O-])Cc1ccc(Nc2ncc(C(F)(F)F)c(Nc3ccc(-c4cnn(CCCO)c4)c4c3C(=O)N(C)C4)n2)cc1. The highest BCUT2D eigenvalue weighted by molar-refractivity contribution is 7.50. The van der Waals surface area contributed by atoms with Gasteiger partial charge >= 0.3 is 6.18 Å². The zero-order chi connectivity index (χ0) is 32.4. The summed E-state index contributed by atoms with van der Waals surface area (Å²) in [6, 6.07) is 9.41. The molecule has 3 heterocycles. The molecule has 0 spiro atoms. The van der Waals surface area contributed by atoms with Gasteiger partial charge in [0.2, 0.25) is 5.95 Å². The second-order valence-electron chi connectivity index (χ2n) is 10.3. The molecule has 2 aromatic heterocycles. The Balaban J connectivity index is 1.45. The van der Waals surface area contributed by atoms with Crippen LogP contribution in [0, 0.1) is 0 Å². The number of aromatic nitrogens is 4. The van der Waals surface area contributed by atoms with Crippen molar-refractivity contribution >= 4 is 36.6 Å². The number of alkyl halides is 3. The number of halogens is 3. The van der Waals surface area contributed by atoms with Crippen LogP contribution in [0.1, 0.15) is 40.4 Å². The van der Waals surface area contributed by atoms with Gasteiger partial charge in [-0.25, -0.2) is 4.98 Å². The first-order chi connectivity index (χ1) is 21.4. The maximum atomic E-state index is 14.0. The molecule has 1 atom stereocenters. The van der Waals surface area contributed by atoms with E-state index >= 15 is 0 Å². The van der Waals surface area contributed by atoms with Crippen LogP contribution in [-0.2, 0) is 34.5 Å². The van der Waals surface area contributed by atoms with E-state index in [9.17, 15) is 27.4 Å². The number of rotatable bonds is 12. The number of anilines is 4. The van der Waals surface area contributed by atoms with Crippen molar-refractivity contribution < 1.29 is 37.1 Å². The zero-order valence-electron chi connectivity index (χ0n) is 24.3. The van der Waals surface area contributed by atoms with Crippen molar-refractivity contribution in [2.45, 2.75) is 38.8 Å². The summed E-state index contributed by atoms with van der Waals surface area (Å²) in [5.41, 5.74) is 2.17.